The van der Waals surface area contributed by atoms with Gasteiger partial charge in [0.15, 0.2) is 0 Å². The molecule has 0 spiro atoms. The minimum atomic E-state index is -0.947. The molecule has 1 unspecified atom stereocenters. The molecule has 2 aromatic rings. The normalized spacial score (nSPS) is 12.0. The third kappa shape index (κ3) is 6.71. The largest absolute Gasteiger partial charge is 0.481 e. The van der Waals surface area contributed by atoms with Crippen LogP contribution in [0.15, 0.2) is 54.6 Å². The number of carbonyl (C=O) groups is 2. The van der Waals surface area contributed by atoms with E-state index in [4.69, 9.17) is 5.11 Å². The van der Waals surface area contributed by atoms with E-state index in [-0.39, 0.29) is 24.8 Å². The average Bonchev–Trinajstić information content (AvgIpc) is 2.61. The highest BCUT2D eigenvalue weighted by Gasteiger charge is 2.15. The first-order chi connectivity index (χ1) is 12.4. The number of carbonyl (C=O) groups excluding carboxylic acids is 1. The molecule has 2 aromatic carbocycles. The maximum absolute atomic E-state index is 12.0. The van der Waals surface area contributed by atoms with Crippen LogP contribution >= 0.6 is 0 Å². The first kappa shape index (κ1) is 19.7. The highest BCUT2D eigenvalue weighted by Crippen LogP contribution is 2.20. The summed E-state index contributed by atoms with van der Waals surface area (Å²) in [6, 6.07) is 18.6. The lowest BCUT2D eigenvalue weighted by atomic mass is 9.95. The number of carboxylic acids is 1. The van der Waals surface area contributed by atoms with Crippen LogP contribution in [-0.4, -0.2) is 23.0 Å². The molecule has 2 N–H and O–H groups in total. The predicted octanol–water partition coefficient (Wildman–Crippen LogP) is 4.29. The van der Waals surface area contributed by atoms with Crippen LogP contribution in [0.2, 0.25) is 0 Å². The molecule has 4 heteroatoms. The molecule has 0 saturated carbocycles. The highest BCUT2D eigenvalue weighted by molar-refractivity contribution is 5.80. The van der Waals surface area contributed by atoms with Crippen LogP contribution in [-0.2, 0) is 16.0 Å². The van der Waals surface area contributed by atoms with Crippen molar-refractivity contribution < 1.29 is 14.7 Å². The molecular formula is C22H27NO3. The Hall–Kier alpha value is -2.62. The quantitative estimate of drug-likeness (QED) is 0.707. The van der Waals surface area contributed by atoms with Crippen molar-refractivity contribution in [3.05, 3.63) is 60.2 Å². The predicted molar refractivity (Wildman–Crippen MR) is 104 cm³/mol. The maximum Gasteiger partial charge on any atom is 0.303 e. The van der Waals surface area contributed by atoms with E-state index in [1.54, 1.807) is 0 Å². The Bertz CT molecular complexity index is 708. The lowest BCUT2D eigenvalue weighted by molar-refractivity contribution is -0.138. The molecule has 0 fully saturated rings. The van der Waals surface area contributed by atoms with Crippen LogP contribution in [0.4, 0.5) is 0 Å². The first-order valence-electron chi connectivity index (χ1n) is 9.09. The summed E-state index contributed by atoms with van der Waals surface area (Å²) in [7, 11) is 0. The van der Waals surface area contributed by atoms with E-state index >= 15 is 0 Å². The fourth-order valence-electron chi connectivity index (χ4n) is 3.03. The van der Waals surface area contributed by atoms with Gasteiger partial charge in [-0.25, -0.2) is 0 Å². The van der Waals surface area contributed by atoms with Crippen molar-refractivity contribution in [1.82, 2.24) is 5.32 Å². The van der Waals surface area contributed by atoms with Gasteiger partial charge >= 0.3 is 5.97 Å². The Morgan fingerprint density at radius 3 is 2.12 bits per heavy atom. The molecule has 0 heterocycles. The van der Waals surface area contributed by atoms with E-state index in [2.05, 4.69) is 55.6 Å². The Morgan fingerprint density at radius 1 is 0.923 bits per heavy atom. The van der Waals surface area contributed by atoms with Crippen molar-refractivity contribution in [3.63, 3.8) is 0 Å². The fourth-order valence-corrected chi connectivity index (χ4v) is 3.03. The molecule has 0 aliphatic carbocycles. The second-order valence-electron chi connectivity index (χ2n) is 7.05. The lowest BCUT2D eigenvalue weighted by Crippen LogP contribution is -2.37. The van der Waals surface area contributed by atoms with Crippen LogP contribution in [0.25, 0.3) is 11.1 Å². The molecule has 0 bridgehead atoms. The minimum absolute atomic E-state index is 0.0128. The third-order valence-electron chi connectivity index (χ3n) is 4.23. The van der Waals surface area contributed by atoms with E-state index in [9.17, 15) is 9.59 Å². The van der Waals surface area contributed by atoms with Gasteiger partial charge in [0.1, 0.15) is 0 Å². The fraction of sp³-hybridized carbons (Fsp3) is 0.364. The Kier molecular flexibility index (Phi) is 7.39. The topological polar surface area (TPSA) is 66.4 Å². The van der Waals surface area contributed by atoms with Crippen LogP contribution in [0.1, 0.15) is 38.7 Å². The Morgan fingerprint density at radius 2 is 1.54 bits per heavy atom. The van der Waals surface area contributed by atoms with E-state index in [1.807, 2.05) is 18.2 Å². The third-order valence-corrected chi connectivity index (χ3v) is 4.23. The van der Waals surface area contributed by atoms with Crippen molar-refractivity contribution in [3.8, 4) is 11.1 Å². The number of rotatable bonds is 9. The molecule has 4 nitrogen and oxygen atoms in total. The van der Waals surface area contributed by atoms with Gasteiger partial charge < -0.3 is 10.4 Å². The minimum Gasteiger partial charge on any atom is -0.481 e. The number of amides is 1. The second-order valence-corrected chi connectivity index (χ2v) is 7.05. The highest BCUT2D eigenvalue weighted by atomic mass is 16.4. The van der Waals surface area contributed by atoms with Gasteiger partial charge in [0, 0.05) is 12.5 Å². The zero-order chi connectivity index (χ0) is 18.9. The summed E-state index contributed by atoms with van der Waals surface area (Å²) in [6.07, 6.45) is 1.49. The smallest absolute Gasteiger partial charge is 0.303 e. The van der Waals surface area contributed by atoms with E-state index in [1.165, 1.54) is 11.1 Å². The van der Waals surface area contributed by atoms with Gasteiger partial charge in [-0.2, -0.15) is 0 Å². The summed E-state index contributed by atoms with van der Waals surface area (Å²) < 4.78 is 0. The maximum atomic E-state index is 12.0. The number of nitrogens with one attached hydrogen (secondary N) is 1. The van der Waals surface area contributed by atoms with Gasteiger partial charge in [0.05, 0.1) is 6.42 Å². The molecule has 1 amide bonds. The van der Waals surface area contributed by atoms with Gasteiger partial charge in [-0.1, -0.05) is 68.4 Å². The standard InChI is InChI=1S/C22H27NO3/c1-16(2)14-20(23-21(24)12-13-22(25)26)15-17-8-10-19(11-9-17)18-6-4-3-5-7-18/h3-11,16,20H,12-15H2,1-2H3,(H,23,24)(H,25,26). The van der Waals surface area contributed by atoms with E-state index in [0.29, 0.717) is 5.92 Å². The molecule has 138 valence electrons. The Balaban J connectivity index is 2.00. The summed E-state index contributed by atoms with van der Waals surface area (Å²) in [5, 5.41) is 11.7. The van der Waals surface area contributed by atoms with Crippen molar-refractivity contribution in [1.29, 1.82) is 0 Å². The zero-order valence-corrected chi connectivity index (χ0v) is 15.4. The molecule has 0 aliphatic rings. The van der Waals surface area contributed by atoms with Crippen molar-refractivity contribution in [2.45, 2.75) is 45.6 Å². The van der Waals surface area contributed by atoms with Crippen LogP contribution in [0, 0.1) is 5.92 Å². The summed E-state index contributed by atoms with van der Waals surface area (Å²) in [4.78, 5) is 22.6. The molecule has 0 radical (unpaired) electrons. The number of hydrogen-bond donors (Lipinski definition) is 2. The molecule has 0 saturated heterocycles. The number of aliphatic carboxylic acids is 1. The van der Waals surface area contributed by atoms with Crippen LogP contribution in [0.3, 0.4) is 0 Å². The summed E-state index contributed by atoms with van der Waals surface area (Å²) >= 11 is 0. The van der Waals surface area contributed by atoms with Crippen LogP contribution in [0.5, 0.6) is 0 Å². The lowest BCUT2D eigenvalue weighted by Gasteiger charge is -2.21. The number of carboxylic acid groups (broad SMARTS) is 1. The zero-order valence-electron chi connectivity index (χ0n) is 15.4. The summed E-state index contributed by atoms with van der Waals surface area (Å²) in [5.41, 5.74) is 3.51. The Labute approximate surface area is 155 Å². The van der Waals surface area contributed by atoms with Crippen molar-refractivity contribution >= 4 is 11.9 Å². The van der Waals surface area contributed by atoms with Gasteiger partial charge in [-0.05, 0) is 35.4 Å². The molecular weight excluding hydrogens is 326 g/mol. The average molecular weight is 353 g/mol. The SMILES string of the molecule is CC(C)CC(Cc1ccc(-c2ccccc2)cc1)NC(=O)CCC(=O)O. The summed E-state index contributed by atoms with van der Waals surface area (Å²) in [6.45, 7) is 4.24. The number of benzene rings is 2. The summed E-state index contributed by atoms with van der Waals surface area (Å²) in [5.74, 6) is -0.695. The molecule has 26 heavy (non-hydrogen) atoms. The van der Waals surface area contributed by atoms with Crippen LogP contribution < -0.4 is 5.32 Å². The molecule has 2 rings (SSSR count). The van der Waals surface area contributed by atoms with Gasteiger partial charge in [0.25, 0.3) is 0 Å². The monoisotopic (exact) mass is 353 g/mol. The number of hydrogen-bond acceptors (Lipinski definition) is 2. The van der Waals surface area contributed by atoms with E-state index < -0.39 is 5.97 Å². The molecule has 0 aliphatic heterocycles. The van der Waals surface area contributed by atoms with Crippen molar-refractivity contribution in [2.75, 3.05) is 0 Å². The molecule has 1 atom stereocenters. The van der Waals surface area contributed by atoms with E-state index in [0.717, 1.165) is 18.4 Å². The first-order valence-corrected chi connectivity index (χ1v) is 9.09. The van der Waals surface area contributed by atoms with Gasteiger partial charge in [-0.15, -0.1) is 0 Å². The van der Waals surface area contributed by atoms with Crippen molar-refractivity contribution in [2.24, 2.45) is 5.92 Å². The second kappa shape index (κ2) is 9.76. The molecule has 0 aromatic heterocycles. The van der Waals surface area contributed by atoms with Gasteiger partial charge in [0.2, 0.25) is 5.91 Å². The van der Waals surface area contributed by atoms with Gasteiger partial charge in [-0.3, -0.25) is 9.59 Å².